The molecule has 2 N–H and O–H groups in total. The molecule has 0 fully saturated rings. The Morgan fingerprint density at radius 3 is 1.78 bits per heavy atom. The molecular formula is C15H21NO2. The largest absolute Gasteiger partial charge is 0.385 e. The van der Waals surface area contributed by atoms with E-state index in [1.165, 1.54) is 0 Å². The lowest BCUT2D eigenvalue weighted by molar-refractivity contribution is 0.0512. The van der Waals surface area contributed by atoms with Gasteiger partial charge in [0.15, 0.2) is 6.10 Å². The lowest BCUT2D eigenvalue weighted by atomic mass is 9.84. The summed E-state index contributed by atoms with van der Waals surface area (Å²) in [5, 5.41) is 28.5. The smallest absolute Gasteiger partial charge is 0.170 e. The van der Waals surface area contributed by atoms with Gasteiger partial charge < -0.3 is 10.2 Å². The number of nitriles is 1. The molecule has 18 heavy (non-hydrogen) atoms. The first kappa shape index (κ1) is 14.7. The molecule has 0 saturated carbocycles. The van der Waals surface area contributed by atoms with Crippen molar-refractivity contribution in [3.63, 3.8) is 0 Å². The molecule has 2 atom stereocenters. The fraction of sp³-hybridized carbons (Fsp3) is 0.533. The quantitative estimate of drug-likeness (QED) is 0.804. The number of aliphatic hydroxyl groups excluding tert-OH is 2. The van der Waals surface area contributed by atoms with E-state index in [1.807, 2.05) is 45.9 Å². The number of benzene rings is 1. The molecule has 0 aliphatic heterocycles. The molecule has 1 rings (SSSR count). The Kier molecular flexibility index (Phi) is 4.89. The Hall–Kier alpha value is -1.37. The summed E-state index contributed by atoms with van der Waals surface area (Å²) >= 11 is 0. The first-order chi connectivity index (χ1) is 8.40. The maximum atomic E-state index is 10.2. The number of nitrogens with zero attached hydrogens (tertiary/aromatic N) is 1. The standard InChI is InChI=1S/C15H21NO2/c1-9(2)11-6-5-7-12(10(3)4)14(11)15(18)13(17)8-16/h5-7,9-10,13,15,17-18H,1-4H3. The van der Waals surface area contributed by atoms with Crippen LogP contribution in [0.5, 0.6) is 0 Å². The number of hydrogen-bond acceptors (Lipinski definition) is 3. The van der Waals surface area contributed by atoms with Gasteiger partial charge in [0.05, 0.1) is 6.07 Å². The predicted molar refractivity (Wildman–Crippen MR) is 71.2 cm³/mol. The molecule has 98 valence electrons. The average molecular weight is 247 g/mol. The first-order valence-electron chi connectivity index (χ1n) is 6.28. The van der Waals surface area contributed by atoms with Crippen LogP contribution in [0.1, 0.15) is 62.3 Å². The number of aliphatic hydroxyl groups is 2. The summed E-state index contributed by atoms with van der Waals surface area (Å²) in [6.45, 7) is 8.14. The van der Waals surface area contributed by atoms with Crippen LogP contribution < -0.4 is 0 Å². The zero-order chi connectivity index (χ0) is 13.9. The van der Waals surface area contributed by atoms with Crippen LogP contribution in [-0.2, 0) is 0 Å². The molecule has 1 aromatic rings. The zero-order valence-corrected chi connectivity index (χ0v) is 11.4. The third kappa shape index (κ3) is 2.90. The van der Waals surface area contributed by atoms with Crippen molar-refractivity contribution in [1.29, 1.82) is 5.26 Å². The van der Waals surface area contributed by atoms with Crippen molar-refractivity contribution in [1.82, 2.24) is 0 Å². The number of hydrogen-bond donors (Lipinski definition) is 2. The van der Waals surface area contributed by atoms with Gasteiger partial charge in [-0.15, -0.1) is 0 Å². The maximum absolute atomic E-state index is 10.2. The Labute approximate surface area is 109 Å². The van der Waals surface area contributed by atoms with Crippen LogP contribution in [0.15, 0.2) is 18.2 Å². The second-order valence-electron chi connectivity index (χ2n) is 5.18. The molecule has 1 aromatic carbocycles. The summed E-state index contributed by atoms with van der Waals surface area (Å²) in [4.78, 5) is 0. The van der Waals surface area contributed by atoms with Crippen LogP contribution in [0, 0.1) is 11.3 Å². The second kappa shape index (κ2) is 5.99. The third-order valence-corrected chi connectivity index (χ3v) is 3.14. The molecule has 0 bridgehead atoms. The van der Waals surface area contributed by atoms with Crippen LogP contribution in [0.3, 0.4) is 0 Å². The van der Waals surface area contributed by atoms with Gasteiger partial charge in [0, 0.05) is 0 Å². The van der Waals surface area contributed by atoms with Crippen molar-refractivity contribution >= 4 is 0 Å². The minimum absolute atomic E-state index is 0.235. The van der Waals surface area contributed by atoms with Gasteiger partial charge in [0.1, 0.15) is 6.10 Å². The van der Waals surface area contributed by atoms with E-state index >= 15 is 0 Å². The van der Waals surface area contributed by atoms with Crippen molar-refractivity contribution in [2.75, 3.05) is 0 Å². The molecule has 0 saturated heterocycles. The minimum atomic E-state index is -1.39. The summed E-state index contributed by atoms with van der Waals surface area (Å²) in [7, 11) is 0. The van der Waals surface area contributed by atoms with Crippen LogP contribution in [0.25, 0.3) is 0 Å². The molecule has 3 heteroatoms. The van der Waals surface area contributed by atoms with Gasteiger partial charge in [-0.05, 0) is 28.5 Å². The van der Waals surface area contributed by atoms with Crippen molar-refractivity contribution in [3.05, 3.63) is 34.9 Å². The first-order valence-corrected chi connectivity index (χ1v) is 6.28. The van der Waals surface area contributed by atoms with E-state index in [0.717, 1.165) is 11.1 Å². The highest BCUT2D eigenvalue weighted by molar-refractivity contribution is 5.41. The van der Waals surface area contributed by atoms with Crippen LogP contribution >= 0.6 is 0 Å². The highest BCUT2D eigenvalue weighted by Gasteiger charge is 2.25. The molecule has 0 spiro atoms. The Morgan fingerprint density at radius 1 is 1.00 bits per heavy atom. The molecule has 0 aliphatic rings. The zero-order valence-electron chi connectivity index (χ0n) is 11.4. The van der Waals surface area contributed by atoms with Crippen LogP contribution in [-0.4, -0.2) is 16.3 Å². The molecule has 2 unspecified atom stereocenters. The van der Waals surface area contributed by atoms with Gasteiger partial charge >= 0.3 is 0 Å². The molecule has 0 radical (unpaired) electrons. The van der Waals surface area contributed by atoms with E-state index in [4.69, 9.17) is 5.26 Å². The topological polar surface area (TPSA) is 64.2 Å². The highest BCUT2D eigenvalue weighted by atomic mass is 16.3. The SMILES string of the molecule is CC(C)c1cccc(C(C)C)c1C(O)C(O)C#N. The monoisotopic (exact) mass is 247 g/mol. The van der Waals surface area contributed by atoms with Crippen molar-refractivity contribution in [2.45, 2.75) is 51.7 Å². The van der Waals surface area contributed by atoms with E-state index in [9.17, 15) is 10.2 Å². The summed E-state index contributed by atoms with van der Waals surface area (Å²) in [6, 6.07) is 7.55. The molecular weight excluding hydrogens is 226 g/mol. The van der Waals surface area contributed by atoms with Gasteiger partial charge in [0.2, 0.25) is 0 Å². The molecule has 0 amide bonds. The maximum Gasteiger partial charge on any atom is 0.170 e. The summed E-state index contributed by atoms with van der Waals surface area (Å²) in [6.07, 6.45) is -2.53. The lowest BCUT2D eigenvalue weighted by Gasteiger charge is -2.24. The van der Waals surface area contributed by atoms with E-state index in [0.29, 0.717) is 5.56 Å². The highest BCUT2D eigenvalue weighted by Crippen LogP contribution is 2.33. The van der Waals surface area contributed by atoms with Crippen LogP contribution in [0.4, 0.5) is 0 Å². The van der Waals surface area contributed by atoms with Crippen molar-refractivity contribution in [2.24, 2.45) is 0 Å². The predicted octanol–water partition coefficient (Wildman–Crippen LogP) is 2.85. The van der Waals surface area contributed by atoms with E-state index in [1.54, 1.807) is 6.07 Å². The second-order valence-corrected chi connectivity index (χ2v) is 5.18. The van der Waals surface area contributed by atoms with E-state index < -0.39 is 12.2 Å². The Balaban J connectivity index is 3.41. The van der Waals surface area contributed by atoms with Crippen LogP contribution in [0.2, 0.25) is 0 Å². The van der Waals surface area contributed by atoms with Gasteiger partial charge in [-0.25, -0.2) is 0 Å². The lowest BCUT2D eigenvalue weighted by Crippen LogP contribution is -2.20. The fourth-order valence-electron chi connectivity index (χ4n) is 2.18. The summed E-state index contributed by atoms with van der Waals surface area (Å²) in [5.74, 6) is 0.471. The number of rotatable bonds is 4. The normalized spacial score (nSPS) is 14.6. The molecule has 0 heterocycles. The molecule has 0 aromatic heterocycles. The summed E-state index contributed by atoms with van der Waals surface area (Å²) < 4.78 is 0. The average Bonchev–Trinajstić information content (AvgIpc) is 2.35. The molecule has 3 nitrogen and oxygen atoms in total. The van der Waals surface area contributed by atoms with Gasteiger partial charge in [-0.1, -0.05) is 45.9 Å². The van der Waals surface area contributed by atoms with E-state index in [-0.39, 0.29) is 11.8 Å². The van der Waals surface area contributed by atoms with Gasteiger partial charge in [-0.3, -0.25) is 0 Å². The molecule has 0 aliphatic carbocycles. The Bertz CT molecular complexity index is 420. The van der Waals surface area contributed by atoms with Crippen molar-refractivity contribution < 1.29 is 10.2 Å². The fourth-order valence-corrected chi connectivity index (χ4v) is 2.18. The van der Waals surface area contributed by atoms with Crippen molar-refractivity contribution in [3.8, 4) is 6.07 Å². The third-order valence-electron chi connectivity index (χ3n) is 3.14. The minimum Gasteiger partial charge on any atom is -0.385 e. The van der Waals surface area contributed by atoms with Gasteiger partial charge in [-0.2, -0.15) is 5.26 Å². The van der Waals surface area contributed by atoms with E-state index in [2.05, 4.69) is 0 Å². The summed E-state index contributed by atoms with van der Waals surface area (Å²) in [5.41, 5.74) is 2.68. The Morgan fingerprint density at radius 2 is 1.44 bits per heavy atom. The van der Waals surface area contributed by atoms with Gasteiger partial charge in [0.25, 0.3) is 0 Å².